The van der Waals surface area contributed by atoms with Crippen molar-refractivity contribution in [3.63, 3.8) is 0 Å². The molecule has 2 saturated heterocycles. The van der Waals surface area contributed by atoms with Crippen LogP contribution in [0.2, 0.25) is 5.02 Å². The maximum Gasteiger partial charge on any atom is 0.332 e. The second kappa shape index (κ2) is 3.92. The second-order valence-electron chi connectivity index (χ2n) is 3.92. The number of carbonyl (C=O) groups is 2. The molecule has 1 aromatic carbocycles. The van der Waals surface area contributed by atoms with Crippen molar-refractivity contribution in [1.82, 2.24) is 4.90 Å². The van der Waals surface area contributed by atoms with E-state index in [1.54, 1.807) is 40.9 Å². The van der Waals surface area contributed by atoms with Crippen molar-refractivity contribution in [2.45, 2.75) is 6.04 Å². The van der Waals surface area contributed by atoms with Gasteiger partial charge in [0.2, 0.25) is 0 Å². The number of amides is 3. The van der Waals surface area contributed by atoms with Gasteiger partial charge in [0.05, 0.1) is 11.6 Å². The van der Waals surface area contributed by atoms with Gasteiger partial charge in [0.25, 0.3) is 5.91 Å². The lowest BCUT2D eigenvalue weighted by Gasteiger charge is -2.15. The number of hydrogen-bond donors (Lipinski definition) is 0. The van der Waals surface area contributed by atoms with Crippen LogP contribution in [0.1, 0.15) is 0 Å². The number of benzene rings is 1. The van der Waals surface area contributed by atoms with Gasteiger partial charge in [-0.25, -0.2) is 9.69 Å². The first-order valence-electron chi connectivity index (χ1n) is 5.16. The lowest BCUT2D eigenvalue weighted by molar-refractivity contribution is -0.118. The van der Waals surface area contributed by atoms with Crippen LogP contribution in [0.3, 0.4) is 0 Å². The highest BCUT2D eigenvalue weighted by Crippen LogP contribution is 2.33. The van der Waals surface area contributed by atoms with E-state index >= 15 is 0 Å². The van der Waals surface area contributed by atoms with Crippen LogP contribution < -0.4 is 4.90 Å². The van der Waals surface area contributed by atoms with Gasteiger partial charge in [-0.2, -0.15) is 0 Å². The summed E-state index contributed by atoms with van der Waals surface area (Å²) in [5.41, 5.74) is 0.548. The summed E-state index contributed by atoms with van der Waals surface area (Å²) < 4.78 is 0. The molecule has 3 rings (SSSR count). The van der Waals surface area contributed by atoms with Crippen molar-refractivity contribution in [2.24, 2.45) is 0 Å². The smallest absolute Gasteiger partial charge is 0.302 e. The Morgan fingerprint density at radius 1 is 1.35 bits per heavy atom. The molecule has 2 heterocycles. The zero-order valence-electron chi connectivity index (χ0n) is 8.80. The van der Waals surface area contributed by atoms with E-state index in [9.17, 15) is 9.59 Å². The number of halogens is 1. The van der Waals surface area contributed by atoms with Crippen LogP contribution in [0.15, 0.2) is 24.3 Å². The molecule has 0 aromatic heterocycles. The quantitative estimate of drug-likeness (QED) is 0.733. The van der Waals surface area contributed by atoms with Crippen molar-refractivity contribution >= 4 is 41.0 Å². The summed E-state index contributed by atoms with van der Waals surface area (Å²) in [6, 6.07) is 6.26. The molecule has 1 atom stereocenters. The van der Waals surface area contributed by atoms with Crippen molar-refractivity contribution in [3.05, 3.63) is 29.3 Å². The van der Waals surface area contributed by atoms with Crippen LogP contribution >= 0.6 is 23.4 Å². The molecule has 17 heavy (non-hydrogen) atoms. The molecular weight excluding hydrogens is 260 g/mol. The minimum absolute atomic E-state index is 0.151. The largest absolute Gasteiger partial charge is 0.332 e. The van der Waals surface area contributed by atoms with Crippen LogP contribution in [-0.4, -0.2) is 34.5 Å². The van der Waals surface area contributed by atoms with E-state index in [0.29, 0.717) is 22.3 Å². The molecule has 4 nitrogen and oxygen atoms in total. The molecule has 88 valence electrons. The Bertz CT molecular complexity index is 486. The monoisotopic (exact) mass is 268 g/mol. The zero-order chi connectivity index (χ0) is 12.0. The highest BCUT2D eigenvalue weighted by atomic mass is 35.5. The van der Waals surface area contributed by atoms with Gasteiger partial charge in [-0.15, -0.1) is 11.8 Å². The van der Waals surface area contributed by atoms with Crippen LogP contribution in [0, 0.1) is 0 Å². The molecule has 1 aromatic rings. The first-order valence-corrected chi connectivity index (χ1v) is 6.69. The molecule has 2 aliphatic heterocycles. The highest BCUT2D eigenvalue weighted by molar-refractivity contribution is 7.99. The fourth-order valence-corrected chi connectivity index (χ4v) is 3.38. The van der Waals surface area contributed by atoms with Gasteiger partial charge in [0.15, 0.2) is 0 Å². The average molecular weight is 269 g/mol. The van der Waals surface area contributed by atoms with E-state index in [0.717, 1.165) is 0 Å². The Morgan fingerprint density at radius 2 is 2.18 bits per heavy atom. The predicted molar refractivity (Wildman–Crippen MR) is 67.3 cm³/mol. The van der Waals surface area contributed by atoms with Gasteiger partial charge in [-0.05, 0) is 18.2 Å². The summed E-state index contributed by atoms with van der Waals surface area (Å²) in [6.07, 6.45) is 0. The fraction of sp³-hybridized carbons (Fsp3) is 0.273. The minimum Gasteiger partial charge on any atom is -0.302 e. The average Bonchev–Trinajstić information content (AvgIpc) is 2.84. The lowest BCUT2D eigenvalue weighted by atomic mass is 10.2. The summed E-state index contributed by atoms with van der Waals surface area (Å²) in [7, 11) is 0. The Kier molecular flexibility index (Phi) is 2.52. The molecule has 3 amide bonds. The molecule has 2 aliphatic rings. The van der Waals surface area contributed by atoms with Gasteiger partial charge in [-0.3, -0.25) is 4.79 Å². The number of carbonyl (C=O) groups excluding carboxylic acids is 2. The summed E-state index contributed by atoms with van der Waals surface area (Å²) in [5, 5.41) is 0.518. The van der Waals surface area contributed by atoms with Crippen molar-refractivity contribution < 1.29 is 9.59 Å². The zero-order valence-corrected chi connectivity index (χ0v) is 10.4. The summed E-state index contributed by atoms with van der Waals surface area (Å²) in [5.74, 6) is 1.12. The Hall–Kier alpha value is -1.20. The maximum absolute atomic E-state index is 12.1. The van der Waals surface area contributed by atoms with E-state index in [-0.39, 0.29) is 18.0 Å². The molecule has 0 spiro atoms. The van der Waals surface area contributed by atoms with Crippen molar-refractivity contribution in [3.8, 4) is 0 Å². The van der Waals surface area contributed by atoms with E-state index in [2.05, 4.69) is 0 Å². The number of rotatable bonds is 1. The third-order valence-corrected chi connectivity index (χ3v) is 4.14. The van der Waals surface area contributed by atoms with E-state index in [1.807, 2.05) is 0 Å². The second-order valence-corrected chi connectivity index (χ2v) is 5.36. The molecule has 0 saturated carbocycles. The molecule has 0 radical (unpaired) electrons. The number of fused-ring (bicyclic) bond motifs is 1. The molecular formula is C11H9ClN2O2S. The van der Waals surface area contributed by atoms with E-state index < -0.39 is 0 Å². The topological polar surface area (TPSA) is 40.6 Å². The Labute approximate surface area is 108 Å². The first-order chi connectivity index (χ1) is 8.18. The molecule has 1 unspecified atom stereocenters. The number of hydrogen-bond acceptors (Lipinski definition) is 3. The van der Waals surface area contributed by atoms with E-state index in [4.69, 9.17) is 11.6 Å². The van der Waals surface area contributed by atoms with Crippen LogP contribution in [0.4, 0.5) is 10.5 Å². The third kappa shape index (κ3) is 1.61. The van der Waals surface area contributed by atoms with Crippen LogP contribution in [0.25, 0.3) is 0 Å². The fourth-order valence-electron chi connectivity index (χ4n) is 2.06. The molecule has 6 heteroatoms. The van der Waals surface area contributed by atoms with Gasteiger partial charge < -0.3 is 4.90 Å². The van der Waals surface area contributed by atoms with Crippen molar-refractivity contribution in [2.75, 3.05) is 16.5 Å². The SMILES string of the molecule is O=C1C2CSCN2C(=O)N1c1cccc(Cl)c1. The van der Waals surface area contributed by atoms with Crippen molar-refractivity contribution in [1.29, 1.82) is 0 Å². The van der Waals surface area contributed by atoms with Gasteiger partial charge in [0.1, 0.15) is 6.04 Å². The summed E-state index contributed by atoms with van der Waals surface area (Å²) in [4.78, 5) is 27.0. The Morgan fingerprint density at radius 3 is 2.88 bits per heavy atom. The molecule has 0 N–H and O–H groups in total. The summed E-state index contributed by atoms with van der Waals surface area (Å²) >= 11 is 7.48. The third-order valence-electron chi connectivity index (χ3n) is 2.89. The van der Waals surface area contributed by atoms with Gasteiger partial charge in [0, 0.05) is 10.8 Å². The molecule has 0 aliphatic carbocycles. The van der Waals surface area contributed by atoms with Crippen LogP contribution in [-0.2, 0) is 4.79 Å². The van der Waals surface area contributed by atoms with E-state index in [1.165, 1.54) is 4.90 Å². The molecule has 2 fully saturated rings. The number of nitrogens with zero attached hydrogens (tertiary/aromatic N) is 2. The first kappa shape index (κ1) is 10.9. The highest BCUT2D eigenvalue weighted by Gasteiger charge is 2.48. The number of thioether (sulfide) groups is 1. The van der Waals surface area contributed by atoms with Crippen LogP contribution in [0.5, 0.6) is 0 Å². The lowest BCUT2D eigenvalue weighted by Crippen LogP contribution is -2.32. The Balaban J connectivity index is 1.99. The van der Waals surface area contributed by atoms with Gasteiger partial charge in [-0.1, -0.05) is 17.7 Å². The number of urea groups is 1. The molecule has 0 bridgehead atoms. The minimum atomic E-state index is -0.300. The summed E-state index contributed by atoms with van der Waals surface area (Å²) in [6.45, 7) is 0. The maximum atomic E-state index is 12.1. The standard InChI is InChI=1S/C11H9ClN2O2S/c12-7-2-1-3-8(4-7)14-10(15)9-5-17-6-13(9)11(14)16/h1-4,9H,5-6H2. The normalized spacial score (nSPS) is 23.5. The number of anilines is 1. The van der Waals surface area contributed by atoms with Gasteiger partial charge >= 0.3 is 6.03 Å². The predicted octanol–water partition coefficient (Wildman–Crippen LogP) is 2.18. The number of imide groups is 1.